The Bertz CT molecular complexity index is 996. The number of carbonyl (C=O) groups excluding carboxylic acids is 3. The summed E-state index contributed by atoms with van der Waals surface area (Å²) in [5, 5.41) is 10.7. The van der Waals surface area contributed by atoms with Crippen molar-refractivity contribution in [3.63, 3.8) is 0 Å². The Hall–Kier alpha value is -3.48. The van der Waals surface area contributed by atoms with Crippen molar-refractivity contribution < 1.29 is 28.6 Å². The highest BCUT2D eigenvalue weighted by molar-refractivity contribution is 6.42. The second kappa shape index (κ2) is 7.03. The first-order valence-corrected chi connectivity index (χ1v) is 8.07. The van der Waals surface area contributed by atoms with Crippen molar-refractivity contribution in [2.45, 2.75) is 13.3 Å². The van der Waals surface area contributed by atoms with E-state index in [1.54, 1.807) is 24.3 Å². The van der Waals surface area contributed by atoms with E-state index in [2.05, 4.69) is 4.74 Å². The van der Waals surface area contributed by atoms with Crippen molar-refractivity contribution in [3.05, 3.63) is 65.0 Å². The van der Waals surface area contributed by atoms with Crippen molar-refractivity contribution in [2.24, 2.45) is 0 Å². The van der Waals surface area contributed by atoms with Crippen LogP contribution in [0.4, 0.5) is 10.1 Å². The summed E-state index contributed by atoms with van der Waals surface area (Å²) < 4.78 is 18.2. The monoisotopic (exact) mass is 369 g/mol. The van der Waals surface area contributed by atoms with E-state index in [1.165, 1.54) is 20.1 Å². The van der Waals surface area contributed by atoms with Gasteiger partial charge in [-0.3, -0.25) is 14.4 Å². The number of imide groups is 1. The van der Waals surface area contributed by atoms with Crippen molar-refractivity contribution in [3.8, 4) is 0 Å². The molecule has 0 atom stereocenters. The van der Waals surface area contributed by atoms with Gasteiger partial charge in [0.1, 0.15) is 11.6 Å². The fourth-order valence-electron chi connectivity index (χ4n) is 2.99. The molecule has 138 valence electrons. The Labute approximate surface area is 154 Å². The summed E-state index contributed by atoms with van der Waals surface area (Å²) in [4.78, 5) is 36.9. The van der Waals surface area contributed by atoms with Gasteiger partial charge in [-0.1, -0.05) is 18.2 Å². The predicted octanol–water partition coefficient (Wildman–Crippen LogP) is 2.86. The topological polar surface area (TPSA) is 83.9 Å². The number of aliphatic hydroxyl groups excluding tert-OH is 1. The van der Waals surface area contributed by atoms with Gasteiger partial charge in [0.05, 0.1) is 24.8 Å². The number of rotatable bonds is 3. The highest BCUT2D eigenvalue weighted by Crippen LogP contribution is 2.40. The molecule has 0 radical (unpaired) electrons. The molecule has 0 bridgehead atoms. The molecular weight excluding hydrogens is 353 g/mol. The van der Waals surface area contributed by atoms with Gasteiger partial charge in [-0.15, -0.1) is 0 Å². The molecule has 0 saturated carbocycles. The molecule has 3 rings (SSSR count). The van der Waals surface area contributed by atoms with Crippen molar-refractivity contribution in [2.75, 3.05) is 12.0 Å². The number of esters is 1. The van der Waals surface area contributed by atoms with E-state index in [0.717, 1.165) is 17.0 Å². The molecule has 1 aliphatic rings. The van der Waals surface area contributed by atoms with E-state index in [0.29, 0.717) is 11.1 Å². The normalized spacial score (nSPS) is 14.8. The summed E-state index contributed by atoms with van der Waals surface area (Å²) in [6, 6.07) is 9.98. The molecule has 2 amide bonds. The summed E-state index contributed by atoms with van der Waals surface area (Å²) in [7, 11) is 1.27. The van der Waals surface area contributed by atoms with Crippen LogP contribution < -0.4 is 4.90 Å². The molecule has 7 heteroatoms. The van der Waals surface area contributed by atoms with Crippen LogP contribution in [0.5, 0.6) is 0 Å². The number of hydrogen-bond donors (Lipinski definition) is 1. The maximum atomic E-state index is 13.6. The number of methoxy groups -OCH3 is 1. The Kier molecular flexibility index (Phi) is 4.77. The van der Waals surface area contributed by atoms with Crippen molar-refractivity contribution in [1.82, 2.24) is 0 Å². The summed E-state index contributed by atoms with van der Waals surface area (Å²) in [5.41, 5.74) is 1.11. The lowest BCUT2D eigenvalue weighted by Gasteiger charge is -2.12. The van der Waals surface area contributed by atoms with Gasteiger partial charge in [0, 0.05) is 18.1 Å². The number of hydrogen-bond acceptors (Lipinski definition) is 5. The van der Waals surface area contributed by atoms with Crippen LogP contribution in [-0.2, 0) is 25.5 Å². The van der Waals surface area contributed by atoms with Gasteiger partial charge in [-0.05, 0) is 29.8 Å². The first kappa shape index (κ1) is 18.3. The van der Waals surface area contributed by atoms with E-state index in [4.69, 9.17) is 0 Å². The second-order valence-electron chi connectivity index (χ2n) is 6.00. The number of fused-ring (bicyclic) bond motifs is 1. The van der Waals surface area contributed by atoms with Crippen LogP contribution in [0.15, 0.2) is 42.5 Å². The summed E-state index contributed by atoms with van der Waals surface area (Å²) >= 11 is 0. The quantitative estimate of drug-likeness (QED) is 0.511. The molecule has 1 N–H and O–H groups in total. The van der Waals surface area contributed by atoms with Gasteiger partial charge in [0.15, 0.2) is 0 Å². The van der Waals surface area contributed by atoms with E-state index >= 15 is 0 Å². The maximum Gasteiger partial charge on any atom is 0.309 e. The van der Waals surface area contributed by atoms with E-state index in [9.17, 15) is 23.9 Å². The number of amides is 2. The zero-order valence-electron chi connectivity index (χ0n) is 14.7. The summed E-state index contributed by atoms with van der Waals surface area (Å²) in [6.07, 6.45) is 0.00225. The standard InChI is InChI=1S/C20H16FNO5/c1-11(23)22-16-10-14(21)6-7-15(16)18(20(22)26)19(25)13-5-3-4-12(8-13)9-17(24)27-2/h3-8,10,25H,9H2,1-2H3. The third-order valence-electron chi connectivity index (χ3n) is 4.22. The van der Waals surface area contributed by atoms with Crippen LogP contribution in [0.1, 0.15) is 23.6 Å². The molecule has 0 fully saturated rings. The molecule has 27 heavy (non-hydrogen) atoms. The highest BCUT2D eigenvalue weighted by atomic mass is 19.1. The Morgan fingerprint density at radius 2 is 1.93 bits per heavy atom. The van der Waals surface area contributed by atoms with Crippen molar-refractivity contribution >= 4 is 34.8 Å². The lowest BCUT2D eigenvalue weighted by atomic mass is 10.00. The minimum absolute atomic E-state index is 0.00225. The maximum absolute atomic E-state index is 13.6. The molecule has 2 aromatic carbocycles. The third kappa shape index (κ3) is 3.31. The van der Waals surface area contributed by atoms with Gasteiger partial charge < -0.3 is 9.84 Å². The number of anilines is 1. The third-order valence-corrected chi connectivity index (χ3v) is 4.22. The number of nitrogens with zero attached hydrogens (tertiary/aromatic N) is 1. The number of carbonyl (C=O) groups is 3. The van der Waals surface area contributed by atoms with Gasteiger partial charge in [0.25, 0.3) is 5.91 Å². The van der Waals surface area contributed by atoms with E-state index in [1.807, 2.05) is 0 Å². The van der Waals surface area contributed by atoms with Crippen molar-refractivity contribution in [1.29, 1.82) is 0 Å². The largest absolute Gasteiger partial charge is 0.506 e. The molecule has 0 aromatic heterocycles. The fourth-order valence-corrected chi connectivity index (χ4v) is 2.99. The fraction of sp³-hybridized carbons (Fsp3) is 0.150. The number of ether oxygens (including phenoxy) is 1. The van der Waals surface area contributed by atoms with Gasteiger partial charge in [0.2, 0.25) is 5.91 Å². The van der Waals surface area contributed by atoms with Gasteiger partial charge in [-0.25, -0.2) is 9.29 Å². The Morgan fingerprint density at radius 1 is 1.19 bits per heavy atom. The van der Waals surface area contributed by atoms with Crippen LogP contribution in [-0.4, -0.2) is 30.0 Å². The lowest BCUT2D eigenvalue weighted by molar-refractivity contribution is -0.139. The average molecular weight is 369 g/mol. The molecule has 6 nitrogen and oxygen atoms in total. The van der Waals surface area contributed by atoms with Crippen LogP contribution in [0.3, 0.4) is 0 Å². The molecule has 1 heterocycles. The molecule has 0 spiro atoms. The van der Waals surface area contributed by atoms with Crippen LogP contribution >= 0.6 is 0 Å². The molecule has 0 unspecified atom stereocenters. The highest BCUT2D eigenvalue weighted by Gasteiger charge is 2.38. The first-order valence-electron chi connectivity index (χ1n) is 8.07. The number of aliphatic hydroxyl groups is 1. The van der Waals surface area contributed by atoms with E-state index < -0.39 is 23.6 Å². The van der Waals surface area contributed by atoms with Crippen LogP contribution in [0.2, 0.25) is 0 Å². The van der Waals surface area contributed by atoms with Crippen LogP contribution in [0.25, 0.3) is 11.3 Å². The van der Waals surface area contributed by atoms with Gasteiger partial charge in [-0.2, -0.15) is 0 Å². The number of benzene rings is 2. The smallest absolute Gasteiger partial charge is 0.309 e. The Balaban J connectivity index is 2.13. The zero-order valence-corrected chi connectivity index (χ0v) is 14.7. The molecular formula is C20H16FNO5. The lowest BCUT2D eigenvalue weighted by Crippen LogP contribution is -2.31. The Morgan fingerprint density at radius 3 is 2.59 bits per heavy atom. The molecule has 0 saturated heterocycles. The SMILES string of the molecule is COC(=O)Cc1cccc(C(O)=C2C(=O)N(C(C)=O)c3cc(F)ccc32)c1. The summed E-state index contributed by atoms with van der Waals surface area (Å²) in [6.45, 7) is 1.18. The predicted molar refractivity (Wildman–Crippen MR) is 96.2 cm³/mol. The second-order valence-corrected chi connectivity index (χ2v) is 6.00. The number of halogens is 1. The van der Waals surface area contributed by atoms with Gasteiger partial charge >= 0.3 is 5.97 Å². The molecule has 1 aliphatic heterocycles. The average Bonchev–Trinajstić information content (AvgIpc) is 2.92. The summed E-state index contributed by atoms with van der Waals surface area (Å²) in [5.74, 6) is -2.73. The molecule has 2 aromatic rings. The molecule has 0 aliphatic carbocycles. The van der Waals surface area contributed by atoms with E-state index in [-0.39, 0.29) is 29.0 Å². The zero-order chi connectivity index (χ0) is 19.7. The van der Waals surface area contributed by atoms with Crippen LogP contribution in [0, 0.1) is 5.82 Å². The minimum atomic E-state index is -0.737. The first-order chi connectivity index (χ1) is 12.8. The minimum Gasteiger partial charge on any atom is -0.506 e.